The molecule has 1 aromatic rings. The van der Waals surface area contributed by atoms with Crippen LogP contribution in [-0.4, -0.2) is 13.1 Å². The van der Waals surface area contributed by atoms with Crippen molar-refractivity contribution in [2.75, 3.05) is 0 Å². The highest BCUT2D eigenvalue weighted by Crippen LogP contribution is 2.14. The van der Waals surface area contributed by atoms with E-state index in [1.165, 1.54) is 5.19 Å². The molecule has 2 heteroatoms. The zero-order valence-corrected chi connectivity index (χ0v) is 10.6. The summed E-state index contributed by atoms with van der Waals surface area (Å²) in [5.41, 5.74) is 2.29. The van der Waals surface area contributed by atoms with E-state index in [4.69, 9.17) is 0 Å². The summed E-state index contributed by atoms with van der Waals surface area (Å²) in [6.45, 7) is 13.2. The predicted octanol–water partition coefficient (Wildman–Crippen LogP) is 3.05. The van der Waals surface area contributed by atoms with Crippen LogP contribution in [0.15, 0.2) is 24.9 Å². The highest BCUT2D eigenvalue weighted by molar-refractivity contribution is 6.89. The fourth-order valence-electron chi connectivity index (χ4n) is 1.46. The molecule has 0 bridgehead atoms. The van der Waals surface area contributed by atoms with Crippen molar-refractivity contribution in [2.45, 2.75) is 33.0 Å². The predicted molar refractivity (Wildman–Crippen MR) is 66.5 cm³/mol. The van der Waals surface area contributed by atoms with Crippen molar-refractivity contribution < 1.29 is 0 Å². The molecule has 0 saturated heterocycles. The molecular weight excluding hydrogens is 186 g/mol. The van der Waals surface area contributed by atoms with Crippen LogP contribution in [0.5, 0.6) is 0 Å². The zero-order valence-electron chi connectivity index (χ0n) is 9.59. The Morgan fingerprint density at radius 1 is 1.43 bits per heavy atom. The second-order valence-electron chi connectivity index (χ2n) is 4.61. The van der Waals surface area contributed by atoms with Crippen molar-refractivity contribution in [2.24, 2.45) is 0 Å². The smallest absolute Gasteiger partial charge is 0.0804 e. The van der Waals surface area contributed by atoms with Crippen LogP contribution in [0.25, 0.3) is 5.57 Å². The van der Waals surface area contributed by atoms with Gasteiger partial charge in [-0.05, 0) is 23.2 Å². The molecule has 0 N–H and O–H groups in total. The van der Waals surface area contributed by atoms with Crippen LogP contribution < -0.4 is 5.19 Å². The van der Waals surface area contributed by atoms with Crippen molar-refractivity contribution in [3.8, 4) is 0 Å². The van der Waals surface area contributed by atoms with Crippen molar-refractivity contribution in [3.63, 3.8) is 0 Å². The molecule has 0 radical (unpaired) electrons. The summed E-state index contributed by atoms with van der Waals surface area (Å²) in [6, 6.07) is 4.23. The maximum absolute atomic E-state index is 4.45. The van der Waals surface area contributed by atoms with Crippen molar-refractivity contribution >= 4 is 18.8 Å². The van der Waals surface area contributed by atoms with Crippen LogP contribution in [0.4, 0.5) is 0 Å². The average molecular weight is 205 g/mol. The van der Waals surface area contributed by atoms with E-state index in [0.29, 0.717) is 0 Å². The van der Waals surface area contributed by atoms with Gasteiger partial charge in [-0.25, -0.2) is 0 Å². The van der Waals surface area contributed by atoms with Crippen LogP contribution in [0, 0.1) is 0 Å². The van der Waals surface area contributed by atoms with Gasteiger partial charge >= 0.3 is 0 Å². The summed E-state index contributed by atoms with van der Waals surface area (Å²) in [4.78, 5) is 4.45. The van der Waals surface area contributed by atoms with Gasteiger partial charge in [0.2, 0.25) is 0 Å². The van der Waals surface area contributed by atoms with Crippen molar-refractivity contribution in [1.82, 2.24) is 4.98 Å². The zero-order chi connectivity index (χ0) is 10.8. The number of allylic oxidation sites excluding steroid dienone is 1. The molecule has 0 aromatic carbocycles. The van der Waals surface area contributed by atoms with Gasteiger partial charge in [-0.1, -0.05) is 39.2 Å². The van der Waals surface area contributed by atoms with E-state index >= 15 is 0 Å². The third-order valence-electron chi connectivity index (χ3n) is 2.38. The summed E-state index contributed by atoms with van der Waals surface area (Å²) >= 11 is 0. The molecule has 0 saturated carbocycles. The van der Waals surface area contributed by atoms with Crippen LogP contribution in [0.2, 0.25) is 19.6 Å². The van der Waals surface area contributed by atoms with E-state index in [2.05, 4.69) is 44.2 Å². The molecule has 0 aliphatic carbocycles. The van der Waals surface area contributed by atoms with Gasteiger partial charge in [-0.15, -0.1) is 0 Å². The lowest BCUT2D eigenvalue weighted by atomic mass is 10.1. The van der Waals surface area contributed by atoms with Gasteiger partial charge in [0.15, 0.2) is 0 Å². The Kier molecular flexibility index (Phi) is 3.27. The van der Waals surface area contributed by atoms with Crippen LogP contribution in [-0.2, 0) is 0 Å². The fraction of sp³-hybridized carbons (Fsp3) is 0.417. The molecule has 1 aromatic heterocycles. The molecule has 14 heavy (non-hydrogen) atoms. The van der Waals surface area contributed by atoms with E-state index in [0.717, 1.165) is 17.7 Å². The number of hydrogen-bond donors (Lipinski definition) is 0. The Balaban J connectivity index is 3.23. The largest absolute Gasteiger partial charge is 0.257 e. The molecule has 1 rings (SSSR count). The monoisotopic (exact) mass is 205 g/mol. The number of pyridine rings is 1. The van der Waals surface area contributed by atoms with Gasteiger partial charge < -0.3 is 0 Å². The molecule has 0 atom stereocenters. The first kappa shape index (κ1) is 11.2. The highest BCUT2D eigenvalue weighted by Gasteiger charge is 2.21. The topological polar surface area (TPSA) is 12.9 Å². The quantitative estimate of drug-likeness (QED) is 0.691. The highest BCUT2D eigenvalue weighted by atomic mass is 28.3. The van der Waals surface area contributed by atoms with E-state index in [9.17, 15) is 0 Å². The van der Waals surface area contributed by atoms with Gasteiger partial charge in [-0.3, -0.25) is 4.98 Å². The van der Waals surface area contributed by atoms with Crippen LogP contribution >= 0.6 is 0 Å². The van der Waals surface area contributed by atoms with Gasteiger partial charge in [0.1, 0.15) is 0 Å². The third-order valence-corrected chi connectivity index (χ3v) is 4.40. The summed E-state index contributed by atoms with van der Waals surface area (Å²) in [5.74, 6) is 0. The SMILES string of the molecule is C=C(CC)c1ncccc1[Si](C)(C)C. The third kappa shape index (κ3) is 2.32. The second-order valence-corrected chi connectivity index (χ2v) is 9.65. The fourth-order valence-corrected chi connectivity index (χ4v) is 3.01. The molecular formula is C12H19NSi. The van der Waals surface area contributed by atoms with Crippen LogP contribution in [0.3, 0.4) is 0 Å². The summed E-state index contributed by atoms with van der Waals surface area (Å²) in [6.07, 6.45) is 2.84. The van der Waals surface area contributed by atoms with Crippen LogP contribution in [0.1, 0.15) is 19.0 Å². The van der Waals surface area contributed by atoms with Crippen molar-refractivity contribution in [1.29, 1.82) is 0 Å². The Hall–Kier alpha value is -0.893. The maximum Gasteiger partial charge on any atom is 0.0804 e. The first-order valence-corrected chi connectivity index (χ1v) is 8.60. The molecule has 0 aliphatic heterocycles. The minimum atomic E-state index is -1.28. The normalized spacial score (nSPS) is 11.4. The Morgan fingerprint density at radius 2 is 2.07 bits per heavy atom. The van der Waals surface area contributed by atoms with Crippen molar-refractivity contribution in [3.05, 3.63) is 30.6 Å². The van der Waals surface area contributed by atoms with Gasteiger partial charge in [0, 0.05) is 6.20 Å². The maximum atomic E-state index is 4.45. The molecule has 0 amide bonds. The minimum Gasteiger partial charge on any atom is -0.257 e. The number of rotatable bonds is 3. The number of nitrogens with zero attached hydrogens (tertiary/aromatic N) is 1. The standard InChI is InChI=1S/C12H19NSi/c1-6-10(2)12-11(14(3,4)5)8-7-9-13-12/h7-9H,2,6H2,1,3-5H3. The van der Waals surface area contributed by atoms with E-state index < -0.39 is 8.07 Å². The minimum absolute atomic E-state index is 0.981. The second kappa shape index (κ2) is 4.09. The summed E-state index contributed by atoms with van der Waals surface area (Å²) in [7, 11) is -1.28. The van der Waals surface area contributed by atoms with Gasteiger partial charge in [-0.2, -0.15) is 0 Å². The number of hydrogen-bond acceptors (Lipinski definition) is 1. The summed E-state index contributed by atoms with van der Waals surface area (Å²) in [5, 5.41) is 1.42. The Bertz CT molecular complexity index is 336. The van der Waals surface area contributed by atoms with Gasteiger partial charge in [0.05, 0.1) is 13.8 Å². The lowest BCUT2D eigenvalue weighted by molar-refractivity contribution is 1.19. The van der Waals surface area contributed by atoms with E-state index in [1.807, 2.05) is 12.3 Å². The van der Waals surface area contributed by atoms with E-state index in [1.54, 1.807) is 0 Å². The molecule has 0 unspecified atom stereocenters. The molecule has 0 fully saturated rings. The molecule has 0 aliphatic rings. The lowest BCUT2D eigenvalue weighted by Gasteiger charge is -2.20. The molecule has 1 heterocycles. The summed E-state index contributed by atoms with van der Waals surface area (Å²) < 4.78 is 0. The first-order chi connectivity index (χ1) is 6.46. The van der Waals surface area contributed by atoms with Gasteiger partial charge in [0.25, 0.3) is 0 Å². The molecule has 1 nitrogen and oxygen atoms in total. The first-order valence-electron chi connectivity index (χ1n) is 5.10. The average Bonchev–Trinajstić information content (AvgIpc) is 2.15. The molecule has 76 valence electrons. The number of aromatic nitrogens is 1. The van der Waals surface area contributed by atoms with E-state index in [-0.39, 0.29) is 0 Å². The Labute approximate surface area is 87.9 Å². The molecule has 0 spiro atoms. The lowest BCUT2D eigenvalue weighted by Crippen LogP contribution is -2.40. The Morgan fingerprint density at radius 3 is 2.57 bits per heavy atom.